The van der Waals surface area contributed by atoms with Crippen LogP contribution in [0.1, 0.15) is 27.7 Å². The van der Waals surface area contributed by atoms with Crippen LogP contribution < -0.4 is 5.32 Å². The minimum Gasteiger partial charge on any atom is -0.321 e. The number of hydrogen-bond acceptors (Lipinski definition) is 2. The lowest BCUT2D eigenvalue weighted by molar-refractivity contribution is -0.239. The Kier molecular flexibility index (Phi) is 2.29. The largest absolute Gasteiger partial charge is 0.321 e. The monoisotopic (exact) mass is 224 g/mol. The highest BCUT2D eigenvalue weighted by molar-refractivity contribution is 5.78. The molecule has 0 unspecified atom stereocenters. The van der Waals surface area contributed by atoms with Crippen molar-refractivity contribution in [3.63, 3.8) is 0 Å². The Morgan fingerprint density at radius 3 is 2.25 bits per heavy atom. The van der Waals surface area contributed by atoms with Gasteiger partial charge in [0.25, 0.3) is 0 Å². The summed E-state index contributed by atoms with van der Waals surface area (Å²) in [6.07, 6.45) is 1.83. The molecule has 1 N–H and O–H groups in total. The van der Waals surface area contributed by atoms with E-state index in [0.717, 1.165) is 18.2 Å². The molecule has 89 valence electrons. The zero-order valence-electron chi connectivity index (χ0n) is 10.2. The third kappa shape index (κ3) is 1.70. The van der Waals surface area contributed by atoms with Gasteiger partial charge in [0.15, 0.2) is 0 Å². The first kappa shape index (κ1) is 11.4. The van der Waals surface area contributed by atoms with Gasteiger partial charge in [-0.25, -0.2) is 4.79 Å². The maximum absolute atomic E-state index is 12.0. The van der Waals surface area contributed by atoms with Crippen molar-refractivity contribution in [2.24, 2.45) is 0 Å². The molecule has 0 aromatic rings. The van der Waals surface area contributed by atoms with Crippen LogP contribution >= 0.6 is 0 Å². The Morgan fingerprint density at radius 2 is 1.88 bits per heavy atom. The maximum atomic E-state index is 12.0. The zero-order valence-corrected chi connectivity index (χ0v) is 10.2. The fourth-order valence-electron chi connectivity index (χ4n) is 2.05. The lowest BCUT2D eigenvalue weighted by Crippen LogP contribution is -2.49. The average molecular weight is 224 g/mol. The standard InChI is InChI=1S/C11H18N3O2/c1-10(2)7-8(11(3,4)14(10)16)12-9(15)13-5-6-13/h7H,5-6H2,1-4H3,(H,12,15). The van der Waals surface area contributed by atoms with E-state index in [1.807, 2.05) is 33.8 Å². The van der Waals surface area contributed by atoms with Gasteiger partial charge in [0.05, 0.1) is 11.1 Å². The molecule has 5 nitrogen and oxygen atoms in total. The summed E-state index contributed by atoms with van der Waals surface area (Å²) in [5, 5.41) is 15.9. The van der Waals surface area contributed by atoms with Gasteiger partial charge in [-0.2, -0.15) is 0 Å². The second-order valence-corrected chi connectivity index (χ2v) is 5.48. The van der Waals surface area contributed by atoms with E-state index >= 15 is 0 Å². The summed E-state index contributed by atoms with van der Waals surface area (Å²) in [6, 6.07) is -0.106. The van der Waals surface area contributed by atoms with Crippen LogP contribution in [0.25, 0.3) is 0 Å². The van der Waals surface area contributed by atoms with Gasteiger partial charge in [-0.3, -0.25) is 0 Å². The van der Waals surface area contributed by atoms with E-state index in [1.165, 1.54) is 0 Å². The molecule has 0 atom stereocenters. The number of urea groups is 1. The number of rotatable bonds is 1. The quantitative estimate of drug-likeness (QED) is 0.678. The van der Waals surface area contributed by atoms with E-state index in [2.05, 4.69) is 5.32 Å². The molecular weight excluding hydrogens is 206 g/mol. The highest BCUT2D eigenvalue weighted by atomic mass is 16.5. The van der Waals surface area contributed by atoms with Gasteiger partial charge < -0.3 is 10.2 Å². The number of nitrogens with one attached hydrogen (secondary N) is 1. The Bertz CT molecular complexity index is 356. The lowest BCUT2D eigenvalue weighted by atomic mass is 10.0. The smallest absolute Gasteiger partial charge is 0.321 e. The maximum Gasteiger partial charge on any atom is 0.321 e. The Morgan fingerprint density at radius 1 is 1.31 bits per heavy atom. The molecule has 1 saturated heterocycles. The first-order chi connectivity index (χ1) is 7.25. The van der Waals surface area contributed by atoms with Crippen LogP contribution in [0.3, 0.4) is 0 Å². The highest BCUT2D eigenvalue weighted by Gasteiger charge is 2.47. The molecular formula is C11H18N3O2. The van der Waals surface area contributed by atoms with Crippen LogP contribution in [-0.4, -0.2) is 40.2 Å². The number of carbonyl (C=O) groups is 1. The van der Waals surface area contributed by atoms with Crippen molar-refractivity contribution < 1.29 is 10.0 Å². The summed E-state index contributed by atoms with van der Waals surface area (Å²) in [6.45, 7) is 8.96. The molecule has 2 aliphatic heterocycles. The third-order valence-corrected chi connectivity index (χ3v) is 3.16. The summed E-state index contributed by atoms with van der Waals surface area (Å²) in [4.78, 5) is 13.3. The second-order valence-electron chi connectivity index (χ2n) is 5.48. The summed E-state index contributed by atoms with van der Waals surface area (Å²) < 4.78 is 0. The molecule has 0 bridgehead atoms. The summed E-state index contributed by atoms with van der Waals surface area (Å²) in [5.41, 5.74) is -0.537. The van der Waals surface area contributed by atoms with Gasteiger partial charge in [-0.15, -0.1) is 10.3 Å². The van der Waals surface area contributed by atoms with Crippen LogP contribution in [0.5, 0.6) is 0 Å². The van der Waals surface area contributed by atoms with Crippen molar-refractivity contribution in [2.75, 3.05) is 13.1 Å². The molecule has 16 heavy (non-hydrogen) atoms. The van der Waals surface area contributed by atoms with Crippen LogP contribution in [0.4, 0.5) is 4.79 Å². The number of hydrogen-bond donors (Lipinski definition) is 1. The summed E-state index contributed by atoms with van der Waals surface area (Å²) in [7, 11) is 0. The van der Waals surface area contributed by atoms with E-state index in [9.17, 15) is 10.0 Å². The van der Waals surface area contributed by atoms with Gasteiger partial charge >= 0.3 is 6.03 Å². The average Bonchev–Trinajstić information content (AvgIpc) is 2.95. The predicted octanol–water partition coefficient (Wildman–Crippen LogP) is 1.11. The second kappa shape index (κ2) is 3.21. The van der Waals surface area contributed by atoms with E-state index in [4.69, 9.17) is 0 Å². The van der Waals surface area contributed by atoms with Gasteiger partial charge in [0, 0.05) is 18.8 Å². The Labute approximate surface area is 95.7 Å². The number of carbonyl (C=O) groups excluding carboxylic acids is 1. The highest BCUT2D eigenvalue weighted by Crippen LogP contribution is 2.37. The Balaban J connectivity index is 2.16. The van der Waals surface area contributed by atoms with Crippen LogP contribution in [0.15, 0.2) is 11.8 Å². The number of amides is 2. The van der Waals surface area contributed by atoms with Crippen molar-refractivity contribution in [1.29, 1.82) is 0 Å². The van der Waals surface area contributed by atoms with Crippen molar-refractivity contribution in [1.82, 2.24) is 15.3 Å². The molecule has 0 saturated carbocycles. The van der Waals surface area contributed by atoms with Gasteiger partial charge in [0.1, 0.15) is 0 Å². The number of hydroxylamine groups is 2. The van der Waals surface area contributed by atoms with E-state index in [-0.39, 0.29) is 6.03 Å². The fraction of sp³-hybridized carbons (Fsp3) is 0.727. The molecule has 2 heterocycles. The van der Waals surface area contributed by atoms with Crippen molar-refractivity contribution in [3.05, 3.63) is 11.8 Å². The molecule has 0 spiro atoms. The SMILES string of the molecule is CC1(C)C=C(NC(=O)N2CC2)C(C)(C)N1[O]. The summed E-state index contributed by atoms with van der Waals surface area (Å²) in [5.74, 6) is 0. The van der Waals surface area contributed by atoms with E-state index in [0.29, 0.717) is 5.70 Å². The van der Waals surface area contributed by atoms with Crippen LogP contribution in [-0.2, 0) is 5.21 Å². The molecule has 2 rings (SSSR count). The molecule has 5 heteroatoms. The van der Waals surface area contributed by atoms with Gasteiger partial charge in [-0.05, 0) is 33.8 Å². The lowest BCUT2D eigenvalue weighted by Gasteiger charge is -2.33. The van der Waals surface area contributed by atoms with Crippen molar-refractivity contribution in [3.8, 4) is 0 Å². The zero-order chi connectivity index (χ0) is 12.1. The molecule has 2 amide bonds. The minimum absolute atomic E-state index is 0.106. The van der Waals surface area contributed by atoms with Gasteiger partial charge in [0.2, 0.25) is 0 Å². The minimum atomic E-state index is -0.671. The van der Waals surface area contributed by atoms with Crippen LogP contribution in [0, 0.1) is 0 Å². The summed E-state index contributed by atoms with van der Waals surface area (Å²) >= 11 is 0. The fourth-order valence-corrected chi connectivity index (χ4v) is 2.05. The molecule has 0 aliphatic carbocycles. The van der Waals surface area contributed by atoms with E-state index in [1.54, 1.807) is 4.90 Å². The molecule has 1 fully saturated rings. The van der Waals surface area contributed by atoms with Crippen molar-refractivity contribution >= 4 is 6.03 Å². The number of nitrogens with zero attached hydrogens (tertiary/aromatic N) is 2. The Hall–Kier alpha value is -1.07. The molecule has 0 aromatic carbocycles. The van der Waals surface area contributed by atoms with Gasteiger partial charge in [-0.1, -0.05) is 0 Å². The normalized spacial score (nSPS) is 26.6. The first-order valence-corrected chi connectivity index (χ1v) is 5.52. The van der Waals surface area contributed by atoms with Crippen LogP contribution in [0.2, 0.25) is 0 Å². The molecule has 1 radical (unpaired) electrons. The predicted molar refractivity (Wildman–Crippen MR) is 58.9 cm³/mol. The molecule has 2 aliphatic rings. The molecule has 0 aromatic heterocycles. The topological polar surface area (TPSA) is 55.2 Å². The van der Waals surface area contributed by atoms with Crippen molar-refractivity contribution in [2.45, 2.75) is 38.8 Å². The third-order valence-electron chi connectivity index (χ3n) is 3.16. The first-order valence-electron chi connectivity index (χ1n) is 5.52. The van der Waals surface area contributed by atoms with E-state index < -0.39 is 11.1 Å².